The van der Waals surface area contributed by atoms with E-state index in [-0.39, 0.29) is 46.5 Å². The first-order valence-corrected chi connectivity index (χ1v) is 6.40. The Bertz CT molecular complexity index is 336. The van der Waals surface area contributed by atoms with Crippen molar-refractivity contribution in [1.82, 2.24) is 9.80 Å². The van der Waals surface area contributed by atoms with Gasteiger partial charge in [-0.1, -0.05) is 0 Å². The van der Waals surface area contributed by atoms with Crippen LogP contribution < -0.4 is 24.8 Å². The molecule has 0 amide bonds. The third-order valence-corrected chi connectivity index (χ3v) is 2.51. The molecule has 0 bridgehead atoms. The Hall–Kier alpha value is 0.174. The van der Waals surface area contributed by atoms with Gasteiger partial charge in [0.05, 0.1) is 0 Å². The average molecular weight is 363 g/mol. The molecule has 0 radical (unpaired) electrons. The molecule has 2 nitrogen and oxygen atoms in total. The van der Waals surface area contributed by atoms with E-state index >= 15 is 0 Å². The SMILES string of the molecule is CN(C)CC1=[C-]CC=C1.CN(C)CC1=[C-]CC=C1.[Cl-].[Cl-].[Ti+4]. The van der Waals surface area contributed by atoms with Crippen molar-refractivity contribution in [3.05, 3.63) is 47.6 Å². The molecular weight excluding hydrogens is 339 g/mol. The Labute approximate surface area is 157 Å². The molecule has 0 fully saturated rings. The molecule has 0 saturated carbocycles. The van der Waals surface area contributed by atoms with Gasteiger partial charge in [0.2, 0.25) is 0 Å². The van der Waals surface area contributed by atoms with Gasteiger partial charge in [-0.25, -0.2) is 23.3 Å². The fourth-order valence-electron chi connectivity index (χ4n) is 1.80. The number of nitrogens with zero attached hydrogens (tertiary/aromatic N) is 2. The van der Waals surface area contributed by atoms with Crippen LogP contribution in [0.4, 0.5) is 0 Å². The minimum Gasteiger partial charge on any atom is -1.00 e. The maximum Gasteiger partial charge on any atom is 4.00 e. The molecule has 2 rings (SSSR count). The maximum atomic E-state index is 3.25. The molecule has 0 heterocycles. The summed E-state index contributed by atoms with van der Waals surface area (Å²) in [5, 5.41) is 0. The summed E-state index contributed by atoms with van der Waals surface area (Å²) < 4.78 is 0. The van der Waals surface area contributed by atoms with E-state index in [1.807, 2.05) is 0 Å². The van der Waals surface area contributed by atoms with E-state index in [2.05, 4.69) is 74.4 Å². The summed E-state index contributed by atoms with van der Waals surface area (Å²) in [6.45, 7) is 2.05. The van der Waals surface area contributed by atoms with Crippen molar-refractivity contribution < 1.29 is 46.5 Å². The molecule has 0 saturated heterocycles. The van der Waals surface area contributed by atoms with Crippen LogP contribution >= 0.6 is 0 Å². The van der Waals surface area contributed by atoms with Crippen LogP contribution in [0.3, 0.4) is 0 Å². The molecule has 21 heavy (non-hydrogen) atoms. The van der Waals surface area contributed by atoms with Gasteiger partial charge in [-0.15, -0.1) is 12.8 Å². The number of rotatable bonds is 4. The van der Waals surface area contributed by atoms with Gasteiger partial charge in [-0.3, -0.25) is 12.2 Å². The van der Waals surface area contributed by atoms with Gasteiger partial charge < -0.3 is 34.6 Å². The molecule has 116 valence electrons. The van der Waals surface area contributed by atoms with Crippen LogP contribution in [0.25, 0.3) is 0 Å². The van der Waals surface area contributed by atoms with E-state index in [1.165, 1.54) is 11.1 Å². The molecule has 0 spiro atoms. The van der Waals surface area contributed by atoms with Crippen molar-refractivity contribution in [2.24, 2.45) is 0 Å². The number of hydrogen-bond acceptors (Lipinski definition) is 2. The zero-order valence-corrected chi connectivity index (χ0v) is 16.4. The van der Waals surface area contributed by atoms with Gasteiger partial charge in [0.15, 0.2) is 0 Å². The first-order chi connectivity index (χ1) is 8.58. The minimum absolute atomic E-state index is 0. The summed E-state index contributed by atoms with van der Waals surface area (Å²) in [6.07, 6.45) is 17.1. The van der Waals surface area contributed by atoms with E-state index in [0.717, 1.165) is 25.9 Å². The van der Waals surface area contributed by atoms with Gasteiger partial charge in [0.25, 0.3) is 0 Å². The molecule has 0 N–H and O–H groups in total. The van der Waals surface area contributed by atoms with E-state index in [0.29, 0.717) is 0 Å². The van der Waals surface area contributed by atoms with E-state index in [9.17, 15) is 0 Å². The minimum atomic E-state index is 0. The predicted octanol–water partition coefficient (Wildman–Crippen LogP) is -3.52. The molecule has 0 atom stereocenters. The Morgan fingerprint density at radius 1 is 0.810 bits per heavy atom. The van der Waals surface area contributed by atoms with Crippen LogP contribution in [-0.2, 0) is 21.7 Å². The third kappa shape index (κ3) is 13.6. The normalized spacial score (nSPS) is 14.6. The molecule has 0 aliphatic heterocycles. The molecular formula is C16H24Cl2N2Ti. The Morgan fingerprint density at radius 3 is 1.33 bits per heavy atom. The van der Waals surface area contributed by atoms with E-state index in [1.54, 1.807) is 0 Å². The van der Waals surface area contributed by atoms with Gasteiger partial charge in [0, 0.05) is 0 Å². The second-order valence-corrected chi connectivity index (χ2v) is 5.09. The number of halogens is 2. The maximum absolute atomic E-state index is 3.25. The second-order valence-electron chi connectivity index (χ2n) is 5.09. The molecule has 0 aromatic heterocycles. The Morgan fingerprint density at radius 2 is 1.14 bits per heavy atom. The fourth-order valence-corrected chi connectivity index (χ4v) is 1.80. The quantitative estimate of drug-likeness (QED) is 0.378. The Kier molecular flexibility index (Phi) is 18.7. The summed E-state index contributed by atoms with van der Waals surface area (Å²) in [6, 6.07) is 0. The fraction of sp³-hybridized carbons (Fsp3) is 0.500. The molecule has 2 aliphatic carbocycles. The average Bonchev–Trinajstić information content (AvgIpc) is 2.90. The molecule has 0 unspecified atom stereocenters. The molecule has 0 aromatic rings. The molecule has 2 aliphatic rings. The van der Waals surface area contributed by atoms with Crippen LogP contribution in [0.15, 0.2) is 35.5 Å². The van der Waals surface area contributed by atoms with E-state index in [4.69, 9.17) is 0 Å². The monoisotopic (exact) mass is 362 g/mol. The smallest absolute Gasteiger partial charge is 1.00 e. The zero-order valence-electron chi connectivity index (χ0n) is 13.3. The van der Waals surface area contributed by atoms with Gasteiger partial charge >= 0.3 is 21.7 Å². The zero-order chi connectivity index (χ0) is 13.4. The van der Waals surface area contributed by atoms with Gasteiger partial charge in [0.1, 0.15) is 0 Å². The molecule has 5 heteroatoms. The topological polar surface area (TPSA) is 6.48 Å². The number of likely N-dealkylation sites (N-methyl/N-ethyl adjacent to an activating group) is 2. The van der Waals surface area contributed by atoms with Crippen LogP contribution in [0.1, 0.15) is 12.8 Å². The third-order valence-electron chi connectivity index (χ3n) is 2.51. The predicted molar refractivity (Wildman–Crippen MR) is 78.1 cm³/mol. The number of allylic oxidation sites excluding steroid dienone is 4. The van der Waals surface area contributed by atoms with Crippen molar-refractivity contribution in [3.8, 4) is 0 Å². The summed E-state index contributed by atoms with van der Waals surface area (Å²) in [5.74, 6) is 0. The summed E-state index contributed by atoms with van der Waals surface area (Å²) in [5.41, 5.74) is 2.64. The van der Waals surface area contributed by atoms with Crippen LogP contribution in [-0.4, -0.2) is 51.1 Å². The summed E-state index contributed by atoms with van der Waals surface area (Å²) in [7, 11) is 8.28. The molecule has 0 aromatic carbocycles. The standard InChI is InChI=1S/2C8H12N.2ClH.Ti/c2*1-9(2)7-8-5-3-4-6-8;;;/h2*3,5H,4,7H2,1-2H3;2*1H;/q2*-1;;;+4/p-2. The van der Waals surface area contributed by atoms with Crippen molar-refractivity contribution in [2.75, 3.05) is 41.3 Å². The van der Waals surface area contributed by atoms with Crippen molar-refractivity contribution in [2.45, 2.75) is 12.8 Å². The van der Waals surface area contributed by atoms with Crippen LogP contribution in [0.2, 0.25) is 0 Å². The second kappa shape index (κ2) is 15.1. The van der Waals surface area contributed by atoms with Gasteiger partial charge in [-0.05, 0) is 41.3 Å². The summed E-state index contributed by atoms with van der Waals surface area (Å²) >= 11 is 0. The van der Waals surface area contributed by atoms with Crippen molar-refractivity contribution >= 4 is 0 Å². The summed E-state index contributed by atoms with van der Waals surface area (Å²) in [4.78, 5) is 4.30. The van der Waals surface area contributed by atoms with Crippen molar-refractivity contribution in [3.63, 3.8) is 0 Å². The first kappa shape index (κ1) is 26.1. The van der Waals surface area contributed by atoms with Crippen LogP contribution in [0, 0.1) is 12.2 Å². The van der Waals surface area contributed by atoms with Gasteiger partial charge in [-0.2, -0.15) is 12.2 Å². The van der Waals surface area contributed by atoms with Crippen LogP contribution in [0.5, 0.6) is 0 Å². The van der Waals surface area contributed by atoms with E-state index < -0.39 is 0 Å². The Balaban J connectivity index is -0.000000270. The first-order valence-electron chi connectivity index (χ1n) is 6.40. The van der Waals surface area contributed by atoms with Crippen molar-refractivity contribution in [1.29, 1.82) is 0 Å². The largest absolute Gasteiger partial charge is 4.00 e. The number of hydrogen-bond donors (Lipinski definition) is 0.